The van der Waals surface area contributed by atoms with Gasteiger partial charge in [0.25, 0.3) is 5.79 Å². The third kappa shape index (κ3) is 2.64. The van der Waals surface area contributed by atoms with E-state index < -0.39 is 17.7 Å². The fraction of sp³-hybridized carbons (Fsp3) is 0.286. The Balaban J connectivity index is 1.87. The molecule has 0 saturated carbocycles. The maximum Gasteiger partial charge on any atom is 0.350 e. The lowest BCUT2D eigenvalue weighted by Crippen LogP contribution is -2.42. The van der Waals surface area contributed by atoms with Crippen LogP contribution in [0.1, 0.15) is 19.4 Å². The van der Waals surface area contributed by atoms with Crippen LogP contribution in [0.4, 0.5) is 5.69 Å². The van der Waals surface area contributed by atoms with Crippen molar-refractivity contribution in [3.8, 4) is 0 Å². The summed E-state index contributed by atoms with van der Waals surface area (Å²) in [6.07, 6.45) is 1.29. The summed E-state index contributed by atoms with van der Waals surface area (Å²) in [5, 5.41) is 2.93. The summed E-state index contributed by atoms with van der Waals surface area (Å²) in [6, 6.07) is 3.68. The van der Waals surface area contributed by atoms with Gasteiger partial charge in [0.2, 0.25) is 0 Å². The number of hydrogen-bond acceptors (Lipinski definition) is 8. The van der Waals surface area contributed by atoms with Crippen molar-refractivity contribution in [2.45, 2.75) is 26.6 Å². The largest absolute Gasteiger partial charge is 0.419 e. The zero-order valence-electron chi connectivity index (χ0n) is 12.2. The Morgan fingerprint density at radius 3 is 2.36 bits per heavy atom. The van der Waals surface area contributed by atoms with Crippen molar-refractivity contribution >= 4 is 40.4 Å². The minimum absolute atomic E-state index is 0.185. The Labute approximate surface area is 130 Å². The third-order valence-corrected chi connectivity index (χ3v) is 3.65. The molecule has 114 valence electrons. The topological polar surface area (TPSA) is 90.4 Å². The van der Waals surface area contributed by atoms with Gasteiger partial charge in [-0.15, -0.1) is 0 Å². The molecule has 1 saturated heterocycles. The number of carbonyl (C=O) groups is 2. The van der Waals surface area contributed by atoms with Gasteiger partial charge in [-0.25, -0.2) is 9.59 Å². The molecule has 0 bridgehead atoms. The first-order valence-corrected chi connectivity index (χ1v) is 7.25. The van der Waals surface area contributed by atoms with Gasteiger partial charge in [0.1, 0.15) is 11.0 Å². The second-order valence-electron chi connectivity index (χ2n) is 5.30. The summed E-state index contributed by atoms with van der Waals surface area (Å²) in [6.45, 7) is 4.89. The van der Waals surface area contributed by atoms with Gasteiger partial charge in [0, 0.05) is 25.7 Å². The van der Waals surface area contributed by atoms with Crippen molar-refractivity contribution in [2.75, 3.05) is 5.32 Å². The number of aromatic nitrogens is 2. The number of ether oxygens (including phenoxy) is 2. The van der Waals surface area contributed by atoms with Crippen molar-refractivity contribution in [1.82, 2.24) is 8.75 Å². The van der Waals surface area contributed by atoms with E-state index in [4.69, 9.17) is 9.47 Å². The zero-order chi connectivity index (χ0) is 15.9. The van der Waals surface area contributed by atoms with Crippen LogP contribution in [0.3, 0.4) is 0 Å². The predicted molar refractivity (Wildman–Crippen MR) is 80.1 cm³/mol. The van der Waals surface area contributed by atoms with E-state index in [0.29, 0.717) is 0 Å². The van der Waals surface area contributed by atoms with Crippen LogP contribution >= 0.6 is 11.7 Å². The fourth-order valence-electron chi connectivity index (χ4n) is 2.02. The lowest BCUT2D eigenvalue weighted by molar-refractivity contribution is -0.222. The molecular weight excluding hydrogens is 306 g/mol. The van der Waals surface area contributed by atoms with E-state index in [0.717, 1.165) is 34.0 Å². The van der Waals surface area contributed by atoms with Crippen LogP contribution in [0.2, 0.25) is 0 Å². The fourth-order valence-corrected chi connectivity index (χ4v) is 2.53. The van der Waals surface area contributed by atoms with Gasteiger partial charge in [0.15, 0.2) is 5.57 Å². The Morgan fingerprint density at radius 2 is 1.73 bits per heavy atom. The molecule has 1 N–H and O–H groups in total. The first-order valence-electron chi connectivity index (χ1n) is 6.52. The van der Waals surface area contributed by atoms with Crippen molar-refractivity contribution in [1.29, 1.82) is 0 Å². The van der Waals surface area contributed by atoms with Gasteiger partial charge in [-0.05, 0) is 24.6 Å². The molecule has 1 aromatic heterocycles. The quantitative estimate of drug-likeness (QED) is 0.515. The number of rotatable bonds is 2. The van der Waals surface area contributed by atoms with Crippen LogP contribution in [0.15, 0.2) is 23.9 Å². The number of cyclic esters (lactones) is 2. The van der Waals surface area contributed by atoms with E-state index >= 15 is 0 Å². The highest BCUT2D eigenvalue weighted by Gasteiger charge is 2.38. The molecule has 0 atom stereocenters. The summed E-state index contributed by atoms with van der Waals surface area (Å²) < 4.78 is 18.3. The van der Waals surface area contributed by atoms with Crippen molar-refractivity contribution in [3.05, 3.63) is 29.5 Å². The monoisotopic (exact) mass is 319 g/mol. The second-order valence-corrected chi connectivity index (χ2v) is 5.83. The van der Waals surface area contributed by atoms with Crippen LogP contribution in [-0.2, 0) is 19.1 Å². The first kappa shape index (κ1) is 14.5. The molecule has 2 heterocycles. The molecule has 3 rings (SSSR count). The minimum Gasteiger partial charge on any atom is -0.419 e. The van der Waals surface area contributed by atoms with Crippen LogP contribution < -0.4 is 5.32 Å². The number of esters is 2. The van der Waals surface area contributed by atoms with Gasteiger partial charge in [-0.3, -0.25) is 0 Å². The molecule has 1 aliphatic heterocycles. The molecule has 0 radical (unpaired) electrons. The molecular formula is C14H13N3O4S. The molecule has 8 heteroatoms. The third-order valence-electron chi connectivity index (χ3n) is 3.09. The molecule has 0 spiro atoms. The lowest BCUT2D eigenvalue weighted by atomic mass is 10.1. The molecule has 1 fully saturated rings. The molecule has 2 aromatic rings. The number of hydrogen-bond donors (Lipinski definition) is 1. The average molecular weight is 319 g/mol. The molecule has 22 heavy (non-hydrogen) atoms. The van der Waals surface area contributed by atoms with Crippen LogP contribution in [0.25, 0.3) is 11.0 Å². The Morgan fingerprint density at radius 1 is 1.14 bits per heavy atom. The molecule has 0 unspecified atom stereocenters. The Bertz CT molecular complexity index is 788. The van der Waals surface area contributed by atoms with Crippen LogP contribution in [0, 0.1) is 6.92 Å². The van der Waals surface area contributed by atoms with E-state index in [1.165, 1.54) is 20.0 Å². The zero-order valence-corrected chi connectivity index (χ0v) is 13.0. The summed E-state index contributed by atoms with van der Waals surface area (Å²) in [7, 11) is 0. The molecule has 1 aliphatic rings. The second kappa shape index (κ2) is 5.06. The minimum atomic E-state index is -1.24. The lowest BCUT2D eigenvalue weighted by Gasteiger charge is -2.29. The SMILES string of the molecule is Cc1cc2nsnc2cc1NC=C1C(=O)OC(C)(C)OC1=O. The molecule has 0 amide bonds. The number of aryl methyl sites for hydroxylation is 1. The highest BCUT2D eigenvalue weighted by Crippen LogP contribution is 2.25. The van der Waals surface area contributed by atoms with Crippen LogP contribution in [-0.4, -0.2) is 26.5 Å². The standard InChI is InChI=1S/C14H13N3O4S/c1-7-4-10-11(17-22-16-10)5-9(7)15-6-8-12(18)20-14(2,3)21-13(8)19/h4-6,15H,1-3H3. The van der Waals surface area contributed by atoms with E-state index in [1.54, 1.807) is 6.07 Å². The predicted octanol–water partition coefficient (Wildman–Crippen LogP) is 2.13. The number of nitrogens with one attached hydrogen (secondary N) is 1. The maximum atomic E-state index is 11.8. The average Bonchev–Trinajstić information content (AvgIpc) is 2.83. The highest BCUT2D eigenvalue weighted by molar-refractivity contribution is 7.00. The number of fused-ring (bicyclic) bond motifs is 1. The van der Waals surface area contributed by atoms with E-state index in [2.05, 4.69) is 14.1 Å². The highest BCUT2D eigenvalue weighted by atomic mass is 32.1. The Hall–Kier alpha value is -2.48. The summed E-state index contributed by atoms with van der Waals surface area (Å²) in [5.74, 6) is -2.68. The maximum absolute atomic E-state index is 11.8. The van der Waals surface area contributed by atoms with Gasteiger partial charge < -0.3 is 14.8 Å². The van der Waals surface area contributed by atoms with Gasteiger partial charge >= 0.3 is 11.9 Å². The summed E-state index contributed by atoms with van der Waals surface area (Å²) in [4.78, 5) is 23.7. The smallest absolute Gasteiger partial charge is 0.350 e. The van der Waals surface area contributed by atoms with Gasteiger partial charge in [0.05, 0.1) is 11.7 Å². The number of nitrogens with zero attached hydrogens (tertiary/aromatic N) is 2. The summed E-state index contributed by atoms with van der Waals surface area (Å²) >= 11 is 1.13. The first-order chi connectivity index (χ1) is 10.4. The normalized spacial score (nSPS) is 17.1. The van der Waals surface area contributed by atoms with E-state index in [1.807, 2.05) is 13.0 Å². The van der Waals surface area contributed by atoms with Crippen molar-refractivity contribution in [3.63, 3.8) is 0 Å². The van der Waals surface area contributed by atoms with Gasteiger partial charge in [-0.1, -0.05) is 0 Å². The van der Waals surface area contributed by atoms with E-state index in [-0.39, 0.29) is 5.57 Å². The Kier molecular flexibility index (Phi) is 3.32. The number of carbonyl (C=O) groups excluding carboxylic acids is 2. The summed E-state index contributed by atoms with van der Waals surface area (Å²) in [5.41, 5.74) is 2.99. The molecule has 0 aliphatic carbocycles. The number of anilines is 1. The van der Waals surface area contributed by atoms with Gasteiger partial charge in [-0.2, -0.15) is 8.75 Å². The molecule has 7 nitrogen and oxygen atoms in total. The van der Waals surface area contributed by atoms with Crippen LogP contribution in [0.5, 0.6) is 0 Å². The molecule has 1 aromatic carbocycles. The number of benzene rings is 1. The van der Waals surface area contributed by atoms with Crippen molar-refractivity contribution < 1.29 is 19.1 Å². The van der Waals surface area contributed by atoms with Crippen molar-refractivity contribution in [2.24, 2.45) is 0 Å². The van der Waals surface area contributed by atoms with E-state index in [9.17, 15) is 9.59 Å².